The molecule has 6 heteroatoms. The van der Waals surface area contributed by atoms with Crippen LogP contribution in [0.4, 0.5) is 13.2 Å². The molecule has 0 aliphatic carbocycles. The third-order valence-electron chi connectivity index (χ3n) is 1.21. The maximum Gasteiger partial charge on any atom is 0.418 e. The van der Waals surface area contributed by atoms with Crippen molar-refractivity contribution in [3.05, 3.63) is 24.3 Å². The number of nitrogens with zero attached hydrogens (tertiary/aromatic N) is 2. The standard InChI is InChI=1S/C6H5F3N2O/c7-6(8,9)5(12)4-1-10-3-11-2-4/h1-3,5,12H. The maximum atomic E-state index is 11.8. The Labute approximate surface area is 65.9 Å². The highest BCUT2D eigenvalue weighted by Gasteiger charge is 2.39. The van der Waals surface area contributed by atoms with Gasteiger partial charge in [-0.3, -0.25) is 0 Å². The molecule has 0 aliphatic rings. The second kappa shape index (κ2) is 3.06. The average Bonchev–Trinajstić information content (AvgIpc) is 2.03. The summed E-state index contributed by atoms with van der Waals surface area (Å²) in [5, 5.41) is 8.65. The van der Waals surface area contributed by atoms with Crippen molar-refractivity contribution in [3.8, 4) is 0 Å². The number of aliphatic hydroxyl groups is 1. The molecule has 1 unspecified atom stereocenters. The number of hydrogen-bond donors (Lipinski definition) is 1. The lowest BCUT2D eigenvalue weighted by Crippen LogP contribution is -2.20. The van der Waals surface area contributed by atoms with Crippen molar-refractivity contribution in [2.75, 3.05) is 0 Å². The van der Waals surface area contributed by atoms with Crippen molar-refractivity contribution in [2.45, 2.75) is 12.3 Å². The summed E-state index contributed by atoms with van der Waals surface area (Å²) in [5.41, 5.74) is -0.356. The fraction of sp³-hybridized carbons (Fsp3) is 0.333. The van der Waals surface area contributed by atoms with Crippen molar-refractivity contribution in [1.29, 1.82) is 0 Å². The molecule has 0 radical (unpaired) electrons. The number of aliphatic hydroxyl groups excluding tert-OH is 1. The Morgan fingerprint density at radius 1 is 1.25 bits per heavy atom. The Hall–Kier alpha value is -1.17. The lowest BCUT2D eigenvalue weighted by Gasteiger charge is -2.13. The summed E-state index contributed by atoms with van der Waals surface area (Å²) in [6.07, 6.45) is -4.23. The number of alkyl halides is 3. The van der Waals surface area contributed by atoms with Crippen molar-refractivity contribution in [3.63, 3.8) is 0 Å². The molecule has 1 aromatic rings. The summed E-state index contributed by atoms with van der Waals surface area (Å²) in [4.78, 5) is 6.70. The first kappa shape index (κ1) is 8.92. The van der Waals surface area contributed by atoms with Gasteiger partial charge in [0, 0.05) is 18.0 Å². The number of halogens is 3. The van der Waals surface area contributed by atoms with Gasteiger partial charge in [0.15, 0.2) is 6.10 Å². The van der Waals surface area contributed by atoms with Gasteiger partial charge >= 0.3 is 6.18 Å². The summed E-state index contributed by atoms with van der Waals surface area (Å²) in [6.45, 7) is 0. The van der Waals surface area contributed by atoms with Crippen molar-refractivity contribution >= 4 is 0 Å². The Kier molecular flexibility index (Phi) is 2.27. The van der Waals surface area contributed by atoms with Gasteiger partial charge in [0.1, 0.15) is 6.33 Å². The normalized spacial score (nSPS) is 14.3. The van der Waals surface area contributed by atoms with E-state index in [1.54, 1.807) is 0 Å². The molecule has 0 aromatic carbocycles. The van der Waals surface area contributed by atoms with Crippen LogP contribution in [0.1, 0.15) is 11.7 Å². The summed E-state index contributed by atoms with van der Waals surface area (Å²) < 4.78 is 35.5. The van der Waals surface area contributed by atoms with Gasteiger partial charge in [-0.25, -0.2) is 9.97 Å². The summed E-state index contributed by atoms with van der Waals surface area (Å²) in [6, 6.07) is 0. The van der Waals surface area contributed by atoms with E-state index < -0.39 is 12.3 Å². The van der Waals surface area contributed by atoms with Crippen LogP contribution in [0.15, 0.2) is 18.7 Å². The molecule has 1 rings (SSSR count). The summed E-state index contributed by atoms with van der Waals surface area (Å²) in [7, 11) is 0. The predicted octanol–water partition coefficient (Wildman–Crippen LogP) is 1.07. The van der Waals surface area contributed by atoms with Gasteiger partial charge in [-0.05, 0) is 0 Å². The van der Waals surface area contributed by atoms with Crippen molar-refractivity contribution < 1.29 is 18.3 Å². The van der Waals surface area contributed by atoms with E-state index in [2.05, 4.69) is 9.97 Å². The molecule has 1 aromatic heterocycles. The number of aromatic nitrogens is 2. The third kappa shape index (κ3) is 1.91. The Bertz CT molecular complexity index is 249. The zero-order valence-electron chi connectivity index (χ0n) is 5.78. The average molecular weight is 178 g/mol. The molecule has 0 bridgehead atoms. The van der Waals surface area contributed by atoms with Gasteiger partial charge < -0.3 is 5.11 Å². The molecule has 0 saturated heterocycles. The van der Waals surface area contributed by atoms with Gasteiger partial charge in [0.05, 0.1) is 0 Å². The predicted molar refractivity (Wildman–Crippen MR) is 33.0 cm³/mol. The maximum absolute atomic E-state index is 11.8. The lowest BCUT2D eigenvalue weighted by molar-refractivity contribution is -0.206. The number of hydrogen-bond acceptors (Lipinski definition) is 3. The highest BCUT2D eigenvalue weighted by atomic mass is 19.4. The fourth-order valence-corrected chi connectivity index (χ4v) is 0.641. The van der Waals surface area contributed by atoms with Crippen LogP contribution in [0.2, 0.25) is 0 Å². The van der Waals surface area contributed by atoms with E-state index in [9.17, 15) is 13.2 Å². The van der Waals surface area contributed by atoms with E-state index in [0.717, 1.165) is 18.7 Å². The first-order chi connectivity index (χ1) is 5.52. The molecular weight excluding hydrogens is 173 g/mol. The van der Waals surface area contributed by atoms with Crippen LogP contribution in [-0.4, -0.2) is 21.3 Å². The summed E-state index contributed by atoms with van der Waals surface area (Å²) >= 11 is 0. The second-order valence-electron chi connectivity index (χ2n) is 2.12. The molecular formula is C6H5F3N2O. The van der Waals surface area contributed by atoms with Crippen molar-refractivity contribution in [1.82, 2.24) is 9.97 Å². The Balaban J connectivity index is 2.86. The van der Waals surface area contributed by atoms with E-state index in [1.807, 2.05) is 0 Å². The molecule has 0 spiro atoms. The molecule has 0 fully saturated rings. The van der Waals surface area contributed by atoms with Crippen LogP contribution in [0.5, 0.6) is 0 Å². The third-order valence-corrected chi connectivity index (χ3v) is 1.21. The highest BCUT2D eigenvalue weighted by molar-refractivity contribution is 5.08. The SMILES string of the molecule is OC(c1cncnc1)C(F)(F)F. The Morgan fingerprint density at radius 3 is 2.17 bits per heavy atom. The van der Waals surface area contributed by atoms with E-state index in [0.29, 0.717) is 0 Å². The van der Waals surface area contributed by atoms with Crippen molar-refractivity contribution in [2.24, 2.45) is 0 Å². The molecule has 1 N–H and O–H groups in total. The van der Waals surface area contributed by atoms with E-state index >= 15 is 0 Å². The zero-order chi connectivity index (χ0) is 9.19. The molecule has 1 heterocycles. The lowest BCUT2D eigenvalue weighted by atomic mass is 10.2. The molecule has 12 heavy (non-hydrogen) atoms. The minimum Gasteiger partial charge on any atom is -0.379 e. The van der Waals surface area contributed by atoms with Gasteiger partial charge in [0.25, 0.3) is 0 Å². The smallest absolute Gasteiger partial charge is 0.379 e. The van der Waals surface area contributed by atoms with Crippen LogP contribution < -0.4 is 0 Å². The summed E-state index contributed by atoms with van der Waals surface area (Å²) in [5.74, 6) is 0. The molecule has 1 atom stereocenters. The quantitative estimate of drug-likeness (QED) is 0.699. The van der Waals surface area contributed by atoms with Crippen LogP contribution >= 0.6 is 0 Å². The second-order valence-corrected chi connectivity index (χ2v) is 2.12. The monoisotopic (exact) mass is 178 g/mol. The molecule has 0 aliphatic heterocycles. The number of rotatable bonds is 1. The topological polar surface area (TPSA) is 46.0 Å². The van der Waals surface area contributed by atoms with Crippen LogP contribution in [-0.2, 0) is 0 Å². The van der Waals surface area contributed by atoms with Gasteiger partial charge in [-0.15, -0.1) is 0 Å². The van der Waals surface area contributed by atoms with Crippen LogP contribution in [0.3, 0.4) is 0 Å². The minimum absolute atomic E-state index is 0.356. The first-order valence-electron chi connectivity index (χ1n) is 3.01. The zero-order valence-corrected chi connectivity index (χ0v) is 5.78. The van der Waals surface area contributed by atoms with Crippen LogP contribution in [0, 0.1) is 0 Å². The first-order valence-corrected chi connectivity index (χ1v) is 3.01. The van der Waals surface area contributed by atoms with Gasteiger partial charge in [-0.1, -0.05) is 0 Å². The van der Waals surface area contributed by atoms with Gasteiger partial charge in [0.2, 0.25) is 0 Å². The molecule has 3 nitrogen and oxygen atoms in total. The van der Waals surface area contributed by atoms with Crippen LogP contribution in [0.25, 0.3) is 0 Å². The minimum atomic E-state index is -4.66. The van der Waals surface area contributed by atoms with E-state index in [-0.39, 0.29) is 5.56 Å². The Morgan fingerprint density at radius 2 is 1.75 bits per heavy atom. The van der Waals surface area contributed by atoms with E-state index in [1.165, 1.54) is 0 Å². The molecule has 0 saturated carbocycles. The van der Waals surface area contributed by atoms with E-state index in [4.69, 9.17) is 5.11 Å². The largest absolute Gasteiger partial charge is 0.418 e. The fourth-order valence-electron chi connectivity index (χ4n) is 0.641. The highest BCUT2D eigenvalue weighted by Crippen LogP contribution is 2.31. The van der Waals surface area contributed by atoms with Gasteiger partial charge in [-0.2, -0.15) is 13.2 Å². The molecule has 0 amide bonds. The molecule has 66 valence electrons.